The summed E-state index contributed by atoms with van der Waals surface area (Å²) in [4.78, 5) is 23.6. The van der Waals surface area contributed by atoms with Gasteiger partial charge in [0.2, 0.25) is 0 Å². The van der Waals surface area contributed by atoms with E-state index in [1.54, 1.807) is 6.92 Å². The third kappa shape index (κ3) is 1.65. The first-order valence-electron chi connectivity index (χ1n) is 3.31. The predicted molar refractivity (Wildman–Crippen MR) is 45.3 cm³/mol. The number of H-pyrrole nitrogens is 1. The van der Waals surface area contributed by atoms with Crippen LogP contribution in [0.2, 0.25) is 0 Å². The van der Waals surface area contributed by atoms with Crippen molar-refractivity contribution in [3.05, 3.63) is 15.4 Å². The average molecular weight is 188 g/mol. The lowest BCUT2D eigenvalue weighted by molar-refractivity contribution is 0.0521. The molecule has 0 atom stereocenters. The van der Waals surface area contributed by atoms with E-state index in [-0.39, 0.29) is 22.2 Å². The predicted octanol–water partition coefficient (Wildman–Crippen LogP) is 0.195. The second-order valence-electron chi connectivity index (χ2n) is 1.97. The first-order valence-corrected chi connectivity index (χ1v) is 4.12. The van der Waals surface area contributed by atoms with Gasteiger partial charge in [0.15, 0.2) is 5.69 Å². The molecule has 6 heteroatoms. The van der Waals surface area contributed by atoms with Crippen LogP contribution < -0.4 is 10.6 Å². The second-order valence-corrected chi connectivity index (χ2v) is 2.99. The minimum atomic E-state index is -0.589. The smallest absolute Gasteiger partial charge is 0.357 e. The van der Waals surface area contributed by atoms with Crippen LogP contribution in [0.4, 0.5) is 5.00 Å². The van der Waals surface area contributed by atoms with E-state index in [1.165, 1.54) is 0 Å². The van der Waals surface area contributed by atoms with Gasteiger partial charge >= 0.3 is 10.8 Å². The molecule has 1 aromatic rings. The molecule has 66 valence electrons. The zero-order chi connectivity index (χ0) is 9.14. The summed E-state index contributed by atoms with van der Waals surface area (Å²) in [5.41, 5.74) is 5.41. The highest BCUT2D eigenvalue weighted by Crippen LogP contribution is 2.11. The number of nitrogens with two attached hydrogens (primary N) is 1. The summed E-state index contributed by atoms with van der Waals surface area (Å²) in [6.45, 7) is 1.94. The van der Waals surface area contributed by atoms with Gasteiger partial charge in [-0.05, 0) is 6.92 Å². The lowest BCUT2D eigenvalue weighted by Crippen LogP contribution is -2.09. The second kappa shape index (κ2) is 3.40. The van der Waals surface area contributed by atoms with Gasteiger partial charge in [0.25, 0.3) is 0 Å². The number of hydrogen-bond acceptors (Lipinski definition) is 5. The lowest BCUT2D eigenvalue weighted by Gasteiger charge is -1.97. The summed E-state index contributed by atoms with van der Waals surface area (Å²) >= 11 is 0.789. The highest BCUT2D eigenvalue weighted by Gasteiger charge is 2.13. The fourth-order valence-electron chi connectivity index (χ4n) is 0.695. The van der Waals surface area contributed by atoms with E-state index in [2.05, 4.69) is 9.72 Å². The topological polar surface area (TPSA) is 85.2 Å². The minimum Gasteiger partial charge on any atom is -0.461 e. The van der Waals surface area contributed by atoms with Gasteiger partial charge in [-0.3, -0.25) is 4.79 Å². The zero-order valence-electron chi connectivity index (χ0n) is 6.42. The number of thiazole rings is 1. The number of rotatable bonds is 2. The molecule has 0 spiro atoms. The van der Waals surface area contributed by atoms with E-state index in [4.69, 9.17) is 5.73 Å². The summed E-state index contributed by atoms with van der Waals surface area (Å²) in [6.07, 6.45) is 0. The molecule has 0 saturated heterocycles. The summed E-state index contributed by atoms with van der Waals surface area (Å²) in [5.74, 6) is -0.589. The monoisotopic (exact) mass is 188 g/mol. The van der Waals surface area contributed by atoms with Crippen LogP contribution in [0, 0.1) is 0 Å². The molecule has 0 aliphatic carbocycles. The third-order valence-corrected chi connectivity index (χ3v) is 1.87. The van der Waals surface area contributed by atoms with Crippen LogP contribution >= 0.6 is 11.3 Å². The number of aromatic amines is 1. The van der Waals surface area contributed by atoms with Gasteiger partial charge in [-0.25, -0.2) is 4.79 Å². The van der Waals surface area contributed by atoms with Crippen molar-refractivity contribution in [2.45, 2.75) is 6.92 Å². The molecule has 5 nitrogen and oxygen atoms in total. The molecule has 12 heavy (non-hydrogen) atoms. The maximum atomic E-state index is 11.0. The maximum Gasteiger partial charge on any atom is 0.357 e. The van der Waals surface area contributed by atoms with Gasteiger partial charge in [0.05, 0.1) is 6.61 Å². The third-order valence-electron chi connectivity index (χ3n) is 1.16. The van der Waals surface area contributed by atoms with Crippen molar-refractivity contribution >= 4 is 22.3 Å². The van der Waals surface area contributed by atoms with E-state index >= 15 is 0 Å². The Bertz CT molecular complexity index is 341. The molecule has 0 aliphatic rings. The first kappa shape index (κ1) is 8.79. The van der Waals surface area contributed by atoms with Crippen molar-refractivity contribution < 1.29 is 9.53 Å². The largest absolute Gasteiger partial charge is 0.461 e. The average Bonchev–Trinajstić information content (AvgIpc) is 2.30. The van der Waals surface area contributed by atoms with E-state index in [0.29, 0.717) is 0 Å². The SMILES string of the molecule is CCOC(=O)c1[nH]c(=O)sc1N. The number of carbonyl (C=O) groups is 1. The zero-order valence-corrected chi connectivity index (χ0v) is 7.23. The van der Waals surface area contributed by atoms with Gasteiger partial charge in [-0.1, -0.05) is 11.3 Å². The Labute approximate surface area is 72.2 Å². The first-order chi connectivity index (χ1) is 5.65. The molecular weight excluding hydrogens is 180 g/mol. The molecule has 0 saturated carbocycles. The molecule has 0 unspecified atom stereocenters. The van der Waals surface area contributed by atoms with Crippen molar-refractivity contribution in [2.75, 3.05) is 12.3 Å². The highest BCUT2D eigenvalue weighted by molar-refractivity contribution is 7.13. The summed E-state index contributed by atoms with van der Waals surface area (Å²) in [7, 11) is 0. The Hall–Kier alpha value is -1.30. The van der Waals surface area contributed by atoms with Crippen LogP contribution in [0.3, 0.4) is 0 Å². The molecule has 0 fully saturated rings. The van der Waals surface area contributed by atoms with Crippen molar-refractivity contribution in [1.82, 2.24) is 4.98 Å². The fourth-order valence-corrected chi connectivity index (χ4v) is 1.28. The molecule has 0 radical (unpaired) electrons. The van der Waals surface area contributed by atoms with E-state index < -0.39 is 5.97 Å². The van der Waals surface area contributed by atoms with E-state index in [1.807, 2.05) is 0 Å². The standard InChI is InChI=1S/C6H8N2O3S/c1-2-11-5(9)3-4(7)12-6(10)8-3/h2,7H2,1H3,(H,8,10). The van der Waals surface area contributed by atoms with Crippen molar-refractivity contribution in [3.63, 3.8) is 0 Å². The van der Waals surface area contributed by atoms with Gasteiger partial charge in [0, 0.05) is 0 Å². The number of nitrogens with one attached hydrogen (secondary N) is 1. The molecule has 0 amide bonds. The number of anilines is 1. The Morgan fingerprint density at radius 2 is 2.42 bits per heavy atom. The molecule has 0 aromatic carbocycles. The quantitative estimate of drug-likeness (QED) is 0.649. The van der Waals surface area contributed by atoms with Crippen LogP contribution in [0.15, 0.2) is 4.79 Å². The van der Waals surface area contributed by atoms with Crippen LogP contribution in [0.5, 0.6) is 0 Å². The minimum absolute atomic E-state index is 0.0480. The highest BCUT2D eigenvalue weighted by atomic mass is 32.1. The summed E-state index contributed by atoms with van der Waals surface area (Å²) in [5, 5.41) is 0.165. The molecule has 3 N–H and O–H groups in total. The van der Waals surface area contributed by atoms with Gasteiger partial charge in [0.1, 0.15) is 5.00 Å². The van der Waals surface area contributed by atoms with Gasteiger partial charge in [-0.15, -0.1) is 0 Å². The molecule has 1 heterocycles. The van der Waals surface area contributed by atoms with Gasteiger partial charge in [-0.2, -0.15) is 0 Å². The number of ether oxygens (including phenoxy) is 1. The Kier molecular flexibility index (Phi) is 2.49. The maximum absolute atomic E-state index is 11.0. The van der Waals surface area contributed by atoms with Crippen LogP contribution in [0.1, 0.15) is 17.4 Å². The van der Waals surface area contributed by atoms with Gasteiger partial charge < -0.3 is 15.5 Å². The number of hydrogen-bond donors (Lipinski definition) is 2. The van der Waals surface area contributed by atoms with E-state index in [9.17, 15) is 9.59 Å². The molecule has 1 rings (SSSR count). The number of nitrogen functional groups attached to an aromatic ring is 1. The molecular formula is C6H8N2O3S. The van der Waals surface area contributed by atoms with E-state index in [0.717, 1.165) is 11.3 Å². The lowest BCUT2D eigenvalue weighted by atomic mass is 10.5. The van der Waals surface area contributed by atoms with Crippen LogP contribution in [0.25, 0.3) is 0 Å². The molecule has 1 aromatic heterocycles. The Morgan fingerprint density at radius 3 is 2.83 bits per heavy atom. The van der Waals surface area contributed by atoms with Crippen LogP contribution in [-0.2, 0) is 4.74 Å². The normalized spacial score (nSPS) is 9.75. The van der Waals surface area contributed by atoms with Crippen molar-refractivity contribution in [2.24, 2.45) is 0 Å². The summed E-state index contributed by atoms with van der Waals surface area (Å²) in [6, 6.07) is 0. The molecule has 0 bridgehead atoms. The molecule has 0 aliphatic heterocycles. The number of aromatic nitrogens is 1. The number of carbonyl (C=O) groups excluding carboxylic acids is 1. The number of esters is 1. The Morgan fingerprint density at radius 1 is 1.75 bits per heavy atom. The Balaban J connectivity index is 2.94. The fraction of sp³-hybridized carbons (Fsp3) is 0.333. The van der Waals surface area contributed by atoms with Crippen LogP contribution in [-0.4, -0.2) is 17.6 Å². The van der Waals surface area contributed by atoms with Crippen molar-refractivity contribution in [1.29, 1.82) is 0 Å². The van der Waals surface area contributed by atoms with Crippen molar-refractivity contribution in [3.8, 4) is 0 Å². The summed E-state index contributed by atoms with van der Waals surface area (Å²) < 4.78 is 4.64.